The Morgan fingerprint density at radius 1 is 1.29 bits per heavy atom. The molecule has 0 aromatic rings. The topological polar surface area (TPSA) is 21.3 Å². The van der Waals surface area contributed by atoms with Crippen LogP contribution in [0.2, 0.25) is 0 Å². The van der Waals surface area contributed by atoms with Crippen LogP contribution < -0.4 is 5.32 Å². The number of hydrogen-bond acceptors (Lipinski definition) is 2. The largest absolute Gasteiger partial charge is 0.373 e. The van der Waals surface area contributed by atoms with Crippen molar-refractivity contribution in [3.63, 3.8) is 0 Å². The van der Waals surface area contributed by atoms with Crippen LogP contribution in [-0.4, -0.2) is 25.3 Å². The molecule has 0 saturated heterocycles. The molecule has 0 aliphatic heterocycles. The average molecular weight is 237 g/mol. The third-order valence-corrected chi connectivity index (χ3v) is 4.39. The molecule has 17 heavy (non-hydrogen) atoms. The SMILES string of the molecule is CCOC1(C(NC)C2=CCCCC2)CCCC1. The average Bonchev–Trinajstić information content (AvgIpc) is 2.81. The van der Waals surface area contributed by atoms with Crippen LogP contribution in [0, 0.1) is 0 Å². The number of rotatable bonds is 5. The molecule has 0 amide bonds. The van der Waals surface area contributed by atoms with Crippen molar-refractivity contribution in [2.24, 2.45) is 0 Å². The number of nitrogens with one attached hydrogen (secondary N) is 1. The highest BCUT2D eigenvalue weighted by atomic mass is 16.5. The van der Waals surface area contributed by atoms with E-state index in [1.807, 2.05) is 0 Å². The predicted octanol–water partition coefficient (Wildman–Crippen LogP) is 3.42. The smallest absolute Gasteiger partial charge is 0.0872 e. The van der Waals surface area contributed by atoms with Gasteiger partial charge in [-0.3, -0.25) is 0 Å². The van der Waals surface area contributed by atoms with Crippen molar-refractivity contribution in [1.29, 1.82) is 0 Å². The molecular formula is C15H27NO. The Bertz CT molecular complexity index is 266. The van der Waals surface area contributed by atoms with E-state index < -0.39 is 0 Å². The van der Waals surface area contributed by atoms with Crippen LogP contribution in [0.4, 0.5) is 0 Å². The Morgan fingerprint density at radius 3 is 2.59 bits per heavy atom. The zero-order valence-corrected chi connectivity index (χ0v) is 11.4. The molecule has 0 aromatic heterocycles. The Kier molecular flexibility index (Phi) is 4.63. The standard InChI is InChI=1S/C15H27NO/c1-3-17-15(11-7-8-12-15)14(16-2)13-9-5-4-6-10-13/h9,14,16H,3-8,10-12H2,1-2H3. The van der Waals surface area contributed by atoms with Gasteiger partial charge in [-0.25, -0.2) is 0 Å². The molecule has 1 fully saturated rings. The highest BCUT2D eigenvalue weighted by Crippen LogP contribution is 2.40. The minimum absolute atomic E-state index is 0.0900. The second kappa shape index (κ2) is 6.01. The molecular weight excluding hydrogens is 210 g/mol. The maximum absolute atomic E-state index is 6.19. The fraction of sp³-hybridized carbons (Fsp3) is 0.867. The lowest BCUT2D eigenvalue weighted by molar-refractivity contribution is -0.0522. The first-order valence-electron chi connectivity index (χ1n) is 7.32. The molecule has 2 aliphatic rings. The van der Waals surface area contributed by atoms with Crippen LogP contribution in [0.3, 0.4) is 0 Å². The second-order valence-corrected chi connectivity index (χ2v) is 5.45. The van der Waals surface area contributed by atoms with Crippen LogP contribution in [0.15, 0.2) is 11.6 Å². The van der Waals surface area contributed by atoms with E-state index in [0.29, 0.717) is 6.04 Å². The van der Waals surface area contributed by atoms with Gasteiger partial charge in [-0.15, -0.1) is 0 Å². The lowest BCUT2D eigenvalue weighted by Crippen LogP contribution is -2.51. The Morgan fingerprint density at radius 2 is 2.06 bits per heavy atom. The van der Waals surface area contributed by atoms with Gasteiger partial charge in [0.2, 0.25) is 0 Å². The number of hydrogen-bond donors (Lipinski definition) is 1. The molecule has 98 valence electrons. The van der Waals surface area contributed by atoms with E-state index in [4.69, 9.17) is 4.74 Å². The minimum atomic E-state index is 0.0900. The summed E-state index contributed by atoms with van der Waals surface area (Å²) in [7, 11) is 2.10. The molecule has 1 atom stereocenters. The van der Waals surface area contributed by atoms with Gasteiger partial charge in [0.1, 0.15) is 0 Å². The lowest BCUT2D eigenvalue weighted by Gasteiger charge is -2.39. The van der Waals surface area contributed by atoms with E-state index in [2.05, 4.69) is 25.4 Å². The molecule has 0 heterocycles. The summed E-state index contributed by atoms with van der Waals surface area (Å²) < 4.78 is 6.19. The van der Waals surface area contributed by atoms with Crippen LogP contribution in [0.5, 0.6) is 0 Å². The van der Waals surface area contributed by atoms with Crippen LogP contribution in [0.1, 0.15) is 58.3 Å². The van der Waals surface area contributed by atoms with Gasteiger partial charge in [0, 0.05) is 6.61 Å². The summed E-state index contributed by atoms with van der Waals surface area (Å²) in [4.78, 5) is 0. The predicted molar refractivity (Wildman–Crippen MR) is 72.2 cm³/mol. The van der Waals surface area contributed by atoms with Gasteiger partial charge in [-0.1, -0.05) is 24.5 Å². The molecule has 2 aliphatic carbocycles. The zero-order valence-electron chi connectivity index (χ0n) is 11.4. The first-order chi connectivity index (χ1) is 8.32. The fourth-order valence-electron chi connectivity index (χ4n) is 3.69. The maximum atomic E-state index is 6.19. The van der Waals surface area contributed by atoms with Crippen molar-refractivity contribution in [1.82, 2.24) is 5.32 Å². The first kappa shape index (κ1) is 13.1. The Hall–Kier alpha value is -0.340. The number of ether oxygens (including phenoxy) is 1. The van der Waals surface area contributed by atoms with Crippen molar-refractivity contribution in [3.8, 4) is 0 Å². The quantitative estimate of drug-likeness (QED) is 0.740. The molecule has 1 N–H and O–H groups in total. The molecule has 1 saturated carbocycles. The number of allylic oxidation sites excluding steroid dienone is 1. The number of likely N-dealkylation sites (N-methyl/N-ethyl adjacent to an activating group) is 1. The van der Waals surface area contributed by atoms with E-state index in [0.717, 1.165) is 6.61 Å². The Balaban J connectivity index is 2.16. The van der Waals surface area contributed by atoms with Crippen molar-refractivity contribution in [3.05, 3.63) is 11.6 Å². The summed E-state index contributed by atoms with van der Waals surface area (Å²) in [5.41, 5.74) is 1.70. The van der Waals surface area contributed by atoms with E-state index in [1.54, 1.807) is 5.57 Å². The van der Waals surface area contributed by atoms with Gasteiger partial charge in [-0.2, -0.15) is 0 Å². The van der Waals surface area contributed by atoms with Gasteiger partial charge < -0.3 is 10.1 Å². The van der Waals surface area contributed by atoms with Crippen molar-refractivity contribution < 1.29 is 4.74 Å². The van der Waals surface area contributed by atoms with E-state index >= 15 is 0 Å². The van der Waals surface area contributed by atoms with Gasteiger partial charge in [0.25, 0.3) is 0 Å². The molecule has 0 spiro atoms. The molecule has 2 nitrogen and oxygen atoms in total. The second-order valence-electron chi connectivity index (χ2n) is 5.45. The Labute approximate surface area is 106 Å². The summed E-state index contributed by atoms with van der Waals surface area (Å²) in [5, 5.41) is 3.55. The lowest BCUT2D eigenvalue weighted by atomic mass is 9.82. The molecule has 1 unspecified atom stereocenters. The van der Waals surface area contributed by atoms with Gasteiger partial charge >= 0.3 is 0 Å². The molecule has 2 rings (SSSR count). The van der Waals surface area contributed by atoms with Crippen molar-refractivity contribution >= 4 is 0 Å². The van der Waals surface area contributed by atoms with Crippen LogP contribution >= 0.6 is 0 Å². The normalized spacial score (nSPS) is 25.6. The van der Waals surface area contributed by atoms with E-state index in [1.165, 1.54) is 51.4 Å². The van der Waals surface area contributed by atoms with Gasteiger partial charge in [0.05, 0.1) is 11.6 Å². The molecule has 0 bridgehead atoms. The van der Waals surface area contributed by atoms with E-state index in [-0.39, 0.29) is 5.60 Å². The van der Waals surface area contributed by atoms with Crippen molar-refractivity contribution in [2.75, 3.05) is 13.7 Å². The van der Waals surface area contributed by atoms with E-state index in [9.17, 15) is 0 Å². The van der Waals surface area contributed by atoms with Gasteiger partial charge in [-0.05, 0) is 52.5 Å². The van der Waals surface area contributed by atoms with Crippen LogP contribution in [0.25, 0.3) is 0 Å². The molecule has 2 heteroatoms. The highest BCUT2D eigenvalue weighted by molar-refractivity contribution is 5.20. The summed E-state index contributed by atoms with van der Waals surface area (Å²) in [6, 6.07) is 0.449. The molecule has 0 aromatic carbocycles. The third-order valence-electron chi connectivity index (χ3n) is 4.39. The summed E-state index contributed by atoms with van der Waals surface area (Å²) in [5.74, 6) is 0. The summed E-state index contributed by atoms with van der Waals surface area (Å²) in [6.07, 6.45) is 12.8. The minimum Gasteiger partial charge on any atom is -0.373 e. The maximum Gasteiger partial charge on any atom is 0.0872 e. The third kappa shape index (κ3) is 2.74. The highest BCUT2D eigenvalue weighted by Gasteiger charge is 2.42. The fourth-order valence-corrected chi connectivity index (χ4v) is 3.69. The van der Waals surface area contributed by atoms with Gasteiger partial charge in [0.15, 0.2) is 0 Å². The molecule has 0 radical (unpaired) electrons. The first-order valence-corrected chi connectivity index (χ1v) is 7.32. The summed E-state index contributed by atoms with van der Waals surface area (Å²) in [6.45, 7) is 2.97. The monoisotopic (exact) mass is 237 g/mol. The zero-order chi connectivity index (χ0) is 12.1. The van der Waals surface area contributed by atoms with Crippen LogP contribution in [-0.2, 0) is 4.74 Å². The van der Waals surface area contributed by atoms with Crippen molar-refractivity contribution in [2.45, 2.75) is 69.9 Å². The summed E-state index contributed by atoms with van der Waals surface area (Å²) >= 11 is 0.